The first-order valence-electron chi connectivity index (χ1n) is 5.90. The van der Waals surface area contributed by atoms with E-state index in [1.165, 1.54) is 0 Å². The molecule has 1 fully saturated rings. The summed E-state index contributed by atoms with van der Waals surface area (Å²) in [6, 6.07) is -0.0125. The highest BCUT2D eigenvalue weighted by Crippen LogP contribution is 2.19. The van der Waals surface area contributed by atoms with Crippen LogP contribution in [0.3, 0.4) is 0 Å². The molecule has 0 N–H and O–H groups in total. The number of nitrogens with zero attached hydrogens (tertiary/aromatic N) is 3. The maximum atomic E-state index is 12.0. The number of hydrogen-bond donors (Lipinski definition) is 0. The molecule has 1 aliphatic rings. The quantitative estimate of drug-likeness (QED) is 0.605. The largest absolute Gasteiger partial charge is 0.444 e. The van der Waals surface area contributed by atoms with Gasteiger partial charge >= 0.3 is 6.09 Å². The summed E-state index contributed by atoms with van der Waals surface area (Å²) in [5.74, 6) is 0. The van der Waals surface area contributed by atoms with Gasteiger partial charge in [-0.3, -0.25) is 4.90 Å². The van der Waals surface area contributed by atoms with E-state index in [0.29, 0.717) is 13.1 Å². The van der Waals surface area contributed by atoms with Crippen LogP contribution in [0.5, 0.6) is 0 Å². The average Bonchev–Trinajstić information content (AvgIpc) is 2.13. The van der Waals surface area contributed by atoms with E-state index >= 15 is 0 Å². The lowest BCUT2D eigenvalue weighted by molar-refractivity contribution is -0.00762. The van der Waals surface area contributed by atoms with Gasteiger partial charge in [-0.25, -0.2) is 4.79 Å². The molecule has 1 rings (SSSR count). The third-order valence-electron chi connectivity index (χ3n) is 2.66. The molecule has 1 heterocycles. The van der Waals surface area contributed by atoms with Gasteiger partial charge in [-0.2, -0.15) is 5.26 Å². The molecule has 0 aliphatic carbocycles. The highest BCUT2D eigenvalue weighted by atomic mass is 16.6. The van der Waals surface area contributed by atoms with Gasteiger partial charge in [0.2, 0.25) is 0 Å². The first-order chi connectivity index (χ1) is 7.74. The summed E-state index contributed by atoms with van der Waals surface area (Å²) in [5.41, 5.74) is -0.483. The molecule has 0 unspecified atom stereocenters. The lowest BCUT2D eigenvalue weighted by Gasteiger charge is -2.42. The van der Waals surface area contributed by atoms with Crippen molar-refractivity contribution in [1.82, 2.24) is 9.80 Å². The summed E-state index contributed by atoms with van der Waals surface area (Å²) in [4.78, 5) is 15.4. The molecule has 1 aliphatic heterocycles. The second-order valence-corrected chi connectivity index (χ2v) is 5.59. The SMILES string of the molecule is C[C@@H]1CN(C#N)C[C@H](C)N1C(=O)OC(C)(C)C. The number of piperazine rings is 1. The van der Waals surface area contributed by atoms with Gasteiger partial charge in [0.25, 0.3) is 0 Å². The molecular weight excluding hydrogens is 218 g/mol. The van der Waals surface area contributed by atoms with E-state index in [9.17, 15) is 4.79 Å². The van der Waals surface area contributed by atoms with Crippen molar-refractivity contribution in [2.75, 3.05) is 13.1 Å². The Balaban J connectivity index is 2.71. The molecule has 1 amide bonds. The van der Waals surface area contributed by atoms with Crippen molar-refractivity contribution in [3.63, 3.8) is 0 Å². The molecule has 0 spiro atoms. The standard InChI is InChI=1S/C12H21N3O2/c1-9-6-14(8-13)7-10(2)15(9)11(16)17-12(3,4)5/h9-10H,6-7H2,1-5H3/t9-,10+. The maximum absolute atomic E-state index is 12.0. The molecule has 17 heavy (non-hydrogen) atoms. The van der Waals surface area contributed by atoms with Crippen molar-refractivity contribution in [3.05, 3.63) is 0 Å². The number of carbonyl (C=O) groups excluding carboxylic acids is 1. The summed E-state index contributed by atoms with van der Waals surface area (Å²) >= 11 is 0. The van der Waals surface area contributed by atoms with Crippen LogP contribution in [0.1, 0.15) is 34.6 Å². The molecule has 2 atom stereocenters. The average molecular weight is 239 g/mol. The first-order valence-corrected chi connectivity index (χ1v) is 5.90. The fraction of sp³-hybridized carbons (Fsp3) is 0.833. The third-order valence-corrected chi connectivity index (χ3v) is 2.66. The Bertz CT molecular complexity index is 318. The predicted octanol–water partition coefficient (Wildman–Crippen LogP) is 1.80. The lowest BCUT2D eigenvalue weighted by Crippen LogP contribution is -2.58. The Kier molecular flexibility index (Phi) is 3.87. The van der Waals surface area contributed by atoms with Gasteiger partial charge in [0.1, 0.15) is 5.60 Å². The molecular formula is C12H21N3O2. The molecule has 0 aromatic rings. The number of rotatable bonds is 0. The summed E-state index contributed by atoms with van der Waals surface area (Å²) in [6.45, 7) is 10.6. The van der Waals surface area contributed by atoms with E-state index in [2.05, 4.69) is 6.19 Å². The molecule has 0 aromatic carbocycles. The molecule has 0 radical (unpaired) electrons. The van der Waals surface area contributed by atoms with Crippen LogP contribution in [0.15, 0.2) is 0 Å². The zero-order chi connectivity index (χ0) is 13.2. The van der Waals surface area contributed by atoms with Crippen LogP contribution in [0, 0.1) is 11.5 Å². The maximum Gasteiger partial charge on any atom is 0.410 e. The van der Waals surface area contributed by atoms with Gasteiger partial charge in [0, 0.05) is 13.1 Å². The smallest absolute Gasteiger partial charge is 0.410 e. The summed E-state index contributed by atoms with van der Waals surface area (Å²) in [7, 11) is 0. The summed E-state index contributed by atoms with van der Waals surface area (Å²) < 4.78 is 5.37. The first kappa shape index (κ1) is 13.6. The van der Waals surface area contributed by atoms with Gasteiger partial charge in [0.15, 0.2) is 6.19 Å². The van der Waals surface area contributed by atoms with Gasteiger partial charge < -0.3 is 9.64 Å². The number of carbonyl (C=O) groups is 1. The number of ether oxygens (including phenoxy) is 1. The minimum atomic E-state index is -0.483. The van der Waals surface area contributed by atoms with Crippen molar-refractivity contribution in [2.24, 2.45) is 0 Å². The zero-order valence-electron chi connectivity index (χ0n) is 11.2. The van der Waals surface area contributed by atoms with Crippen molar-refractivity contribution in [2.45, 2.75) is 52.3 Å². The molecule has 96 valence electrons. The third kappa shape index (κ3) is 3.52. The lowest BCUT2D eigenvalue weighted by atomic mass is 10.1. The van der Waals surface area contributed by atoms with Crippen molar-refractivity contribution < 1.29 is 9.53 Å². The molecule has 0 saturated carbocycles. The monoisotopic (exact) mass is 239 g/mol. The second-order valence-electron chi connectivity index (χ2n) is 5.59. The number of amides is 1. The Morgan fingerprint density at radius 2 is 1.76 bits per heavy atom. The fourth-order valence-electron chi connectivity index (χ4n) is 2.08. The van der Waals surface area contributed by atoms with Crippen molar-refractivity contribution in [1.29, 1.82) is 5.26 Å². The second kappa shape index (κ2) is 4.82. The van der Waals surface area contributed by atoms with Crippen LogP contribution >= 0.6 is 0 Å². The molecule has 0 bridgehead atoms. The predicted molar refractivity (Wildman–Crippen MR) is 64.2 cm³/mol. The summed E-state index contributed by atoms with van der Waals surface area (Å²) in [6.07, 6.45) is 1.83. The van der Waals surface area contributed by atoms with Gasteiger partial charge in [0.05, 0.1) is 12.1 Å². The fourth-order valence-corrected chi connectivity index (χ4v) is 2.08. The van der Waals surface area contributed by atoms with Crippen LogP contribution in [0.25, 0.3) is 0 Å². The van der Waals surface area contributed by atoms with Gasteiger partial charge in [-0.1, -0.05) is 0 Å². The Morgan fingerprint density at radius 3 is 2.12 bits per heavy atom. The van der Waals surface area contributed by atoms with E-state index in [-0.39, 0.29) is 18.2 Å². The Labute approximate surface area is 103 Å². The Morgan fingerprint density at radius 1 is 1.29 bits per heavy atom. The van der Waals surface area contributed by atoms with Crippen molar-refractivity contribution >= 4 is 6.09 Å². The molecule has 1 saturated heterocycles. The van der Waals surface area contributed by atoms with E-state index in [1.807, 2.05) is 34.6 Å². The topological polar surface area (TPSA) is 56.6 Å². The van der Waals surface area contributed by atoms with Crippen LogP contribution in [0.2, 0.25) is 0 Å². The Hall–Kier alpha value is -1.44. The van der Waals surface area contributed by atoms with Crippen LogP contribution in [0.4, 0.5) is 4.79 Å². The number of nitriles is 1. The van der Waals surface area contributed by atoms with Gasteiger partial charge in [-0.05, 0) is 34.6 Å². The minimum absolute atomic E-state index is 0.00625. The van der Waals surface area contributed by atoms with Crippen LogP contribution < -0.4 is 0 Å². The molecule has 0 aromatic heterocycles. The van der Waals surface area contributed by atoms with E-state index in [0.717, 1.165) is 0 Å². The minimum Gasteiger partial charge on any atom is -0.444 e. The van der Waals surface area contributed by atoms with E-state index < -0.39 is 5.60 Å². The molecule has 5 nitrogen and oxygen atoms in total. The summed E-state index contributed by atoms with van der Waals surface area (Å²) in [5, 5.41) is 8.88. The highest BCUT2D eigenvalue weighted by Gasteiger charge is 2.35. The highest BCUT2D eigenvalue weighted by molar-refractivity contribution is 5.69. The van der Waals surface area contributed by atoms with E-state index in [4.69, 9.17) is 10.00 Å². The van der Waals surface area contributed by atoms with E-state index in [1.54, 1.807) is 9.80 Å². The van der Waals surface area contributed by atoms with Gasteiger partial charge in [-0.15, -0.1) is 0 Å². The van der Waals surface area contributed by atoms with Crippen LogP contribution in [-0.4, -0.2) is 46.7 Å². The molecule has 5 heteroatoms. The van der Waals surface area contributed by atoms with Crippen molar-refractivity contribution in [3.8, 4) is 6.19 Å². The number of hydrogen-bond acceptors (Lipinski definition) is 4. The van der Waals surface area contributed by atoms with Crippen LogP contribution in [-0.2, 0) is 4.74 Å². The zero-order valence-corrected chi connectivity index (χ0v) is 11.2. The normalized spacial score (nSPS) is 25.4.